The molecule has 0 nitrogen and oxygen atoms in total. The number of hydrogen-bond acceptors (Lipinski definition) is 0. The molecule has 0 aromatic rings. The van der Waals surface area contributed by atoms with Gasteiger partial charge in [0.1, 0.15) is 0 Å². The number of hydrogen-bond donors (Lipinski definition) is 0. The SMILES string of the molecule is C=CC[CH-]CCCC.I.[Na+]. The van der Waals surface area contributed by atoms with Crippen LogP contribution in [0.15, 0.2) is 12.7 Å². The zero-order valence-electron chi connectivity index (χ0n) is 7.10. The first-order chi connectivity index (χ1) is 3.91. The Hall–Kier alpha value is 1.47. The van der Waals surface area contributed by atoms with Gasteiger partial charge in [-0.25, -0.2) is 0 Å². The molecule has 0 amide bonds. The average molecular weight is 262 g/mol. The van der Waals surface area contributed by atoms with E-state index in [1.165, 1.54) is 19.3 Å². The molecule has 0 atom stereocenters. The molecule has 0 aliphatic rings. The number of rotatable bonds is 5. The van der Waals surface area contributed by atoms with Crippen molar-refractivity contribution in [2.24, 2.45) is 0 Å². The minimum atomic E-state index is 0. The molecule has 0 radical (unpaired) electrons. The van der Waals surface area contributed by atoms with Gasteiger partial charge in [-0.2, -0.15) is 12.8 Å². The van der Waals surface area contributed by atoms with E-state index in [-0.39, 0.29) is 53.5 Å². The van der Waals surface area contributed by atoms with Crippen LogP contribution in [0.25, 0.3) is 0 Å². The van der Waals surface area contributed by atoms with Crippen molar-refractivity contribution in [1.82, 2.24) is 0 Å². The summed E-state index contributed by atoms with van der Waals surface area (Å²) in [6.45, 7) is 5.84. The number of halogens is 1. The van der Waals surface area contributed by atoms with Gasteiger partial charge in [0, 0.05) is 0 Å². The Bertz CT molecular complexity index is 55.2. The minimum Gasteiger partial charge on any atom is -0.325 e. The molecule has 0 aliphatic carbocycles. The van der Waals surface area contributed by atoms with Crippen molar-refractivity contribution in [2.75, 3.05) is 0 Å². The Morgan fingerprint density at radius 2 is 2.10 bits per heavy atom. The zero-order chi connectivity index (χ0) is 6.24. The van der Waals surface area contributed by atoms with Crippen molar-refractivity contribution in [2.45, 2.75) is 32.6 Å². The molecule has 0 fully saturated rings. The standard InChI is InChI=1S/C8H15.HI.Na/c1-3-5-7-8-6-4-2;;/h3,7H,1,4-6,8H2,2H3;1H;/q-1;;+1. The summed E-state index contributed by atoms with van der Waals surface area (Å²) in [5.74, 6) is 0. The largest absolute Gasteiger partial charge is 1.00 e. The van der Waals surface area contributed by atoms with Crippen LogP contribution in [0, 0.1) is 6.42 Å². The van der Waals surface area contributed by atoms with E-state index >= 15 is 0 Å². The molecule has 0 bridgehead atoms. The fourth-order valence-corrected chi connectivity index (χ4v) is 0.584. The Morgan fingerprint density at radius 3 is 2.50 bits per heavy atom. The van der Waals surface area contributed by atoms with Crippen LogP contribution in [-0.4, -0.2) is 0 Å². The number of allylic oxidation sites excluding steroid dienone is 1. The van der Waals surface area contributed by atoms with Crippen molar-refractivity contribution >= 4 is 24.0 Å². The van der Waals surface area contributed by atoms with Crippen LogP contribution in [0.4, 0.5) is 0 Å². The predicted molar refractivity (Wildman–Crippen MR) is 54.1 cm³/mol. The summed E-state index contributed by atoms with van der Waals surface area (Å²) in [7, 11) is 0. The van der Waals surface area contributed by atoms with Crippen LogP contribution >= 0.6 is 24.0 Å². The van der Waals surface area contributed by atoms with Crippen molar-refractivity contribution < 1.29 is 29.6 Å². The molecule has 0 rings (SSSR count). The second kappa shape index (κ2) is 16.8. The third-order valence-electron chi connectivity index (χ3n) is 1.10. The topological polar surface area (TPSA) is 0 Å². The number of unbranched alkanes of at least 4 members (excludes halogenated alkanes) is 4. The summed E-state index contributed by atoms with van der Waals surface area (Å²) in [5.41, 5.74) is 0. The van der Waals surface area contributed by atoms with Gasteiger partial charge in [0.25, 0.3) is 0 Å². The summed E-state index contributed by atoms with van der Waals surface area (Å²) in [4.78, 5) is 0. The van der Waals surface area contributed by atoms with Crippen molar-refractivity contribution in [1.29, 1.82) is 0 Å². The first kappa shape index (κ1) is 17.5. The van der Waals surface area contributed by atoms with E-state index in [1.54, 1.807) is 0 Å². The van der Waals surface area contributed by atoms with E-state index in [9.17, 15) is 0 Å². The molecule has 10 heavy (non-hydrogen) atoms. The van der Waals surface area contributed by atoms with Gasteiger partial charge >= 0.3 is 29.6 Å². The predicted octanol–water partition coefficient (Wildman–Crippen LogP) is 0.579. The van der Waals surface area contributed by atoms with Crippen LogP contribution in [0.2, 0.25) is 0 Å². The van der Waals surface area contributed by atoms with Crippen molar-refractivity contribution in [3.05, 3.63) is 19.1 Å². The zero-order valence-corrected chi connectivity index (χ0v) is 11.4. The molecule has 0 heterocycles. The molecule has 0 aliphatic heterocycles. The monoisotopic (exact) mass is 262 g/mol. The van der Waals surface area contributed by atoms with Gasteiger partial charge in [-0.3, -0.25) is 0 Å². The quantitative estimate of drug-likeness (QED) is 0.223. The van der Waals surface area contributed by atoms with E-state index in [0.29, 0.717) is 0 Å². The van der Waals surface area contributed by atoms with E-state index in [0.717, 1.165) is 6.42 Å². The maximum absolute atomic E-state index is 3.63. The first-order valence-corrected chi connectivity index (χ1v) is 3.34. The average Bonchev–Trinajstić information content (AvgIpc) is 1.81. The summed E-state index contributed by atoms with van der Waals surface area (Å²) in [6.07, 6.45) is 9.16. The van der Waals surface area contributed by atoms with Gasteiger partial charge in [0.05, 0.1) is 0 Å². The first-order valence-electron chi connectivity index (χ1n) is 3.34. The molecular formula is C8H16INa. The molecule has 0 unspecified atom stereocenters. The van der Waals surface area contributed by atoms with E-state index in [4.69, 9.17) is 0 Å². The Labute approximate surface area is 104 Å². The van der Waals surface area contributed by atoms with Crippen LogP contribution in [0.3, 0.4) is 0 Å². The molecule has 2 heteroatoms. The fraction of sp³-hybridized carbons (Fsp3) is 0.625. The van der Waals surface area contributed by atoms with E-state index in [1.807, 2.05) is 6.08 Å². The van der Waals surface area contributed by atoms with Crippen LogP contribution in [-0.2, 0) is 0 Å². The molecular weight excluding hydrogens is 246 g/mol. The Kier molecular flexibility index (Phi) is 29.5. The van der Waals surface area contributed by atoms with Crippen molar-refractivity contribution in [3.63, 3.8) is 0 Å². The van der Waals surface area contributed by atoms with Gasteiger partial charge in [-0.1, -0.05) is 19.8 Å². The van der Waals surface area contributed by atoms with Crippen LogP contribution in [0.1, 0.15) is 32.6 Å². The molecule has 0 saturated carbocycles. The van der Waals surface area contributed by atoms with E-state index < -0.39 is 0 Å². The molecule has 0 spiro atoms. The molecule has 0 aromatic carbocycles. The summed E-state index contributed by atoms with van der Waals surface area (Å²) in [6, 6.07) is 0. The van der Waals surface area contributed by atoms with Gasteiger partial charge < -0.3 is 6.42 Å². The maximum Gasteiger partial charge on any atom is 1.00 e. The third-order valence-corrected chi connectivity index (χ3v) is 1.10. The summed E-state index contributed by atoms with van der Waals surface area (Å²) < 4.78 is 0. The Balaban J connectivity index is -0.000000245. The molecule has 0 N–H and O–H groups in total. The Morgan fingerprint density at radius 1 is 1.50 bits per heavy atom. The van der Waals surface area contributed by atoms with Crippen molar-refractivity contribution in [3.8, 4) is 0 Å². The second-order valence-electron chi connectivity index (χ2n) is 1.96. The minimum absolute atomic E-state index is 0. The smallest absolute Gasteiger partial charge is 0.325 e. The van der Waals surface area contributed by atoms with Gasteiger partial charge in [0.15, 0.2) is 0 Å². The molecule has 0 aromatic heterocycles. The second-order valence-corrected chi connectivity index (χ2v) is 1.96. The van der Waals surface area contributed by atoms with Gasteiger partial charge in [0.2, 0.25) is 0 Å². The normalized spacial score (nSPS) is 7.30. The maximum atomic E-state index is 3.63. The van der Waals surface area contributed by atoms with Gasteiger partial charge in [-0.15, -0.1) is 36.6 Å². The summed E-state index contributed by atoms with van der Waals surface area (Å²) in [5, 5.41) is 0. The van der Waals surface area contributed by atoms with E-state index in [2.05, 4.69) is 19.9 Å². The third kappa shape index (κ3) is 16.2. The molecule has 0 saturated heterocycles. The fourth-order valence-electron chi connectivity index (χ4n) is 0.584. The molecule has 56 valence electrons. The van der Waals surface area contributed by atoms with Crippen LogP contribution in [0.5, 0.6) is 0 Å². The van der Waals surface area contributed by atoms with Gasteiger partial charge in [-0.05, 0) is 0 Å². The van der Waals surface area contributed by atoms with Crippen LogP contribution < -0.4 is 29.6 Å². The summed E-state index contributed by atoms with van der Waals surface area (Å²) >= 11 is 0.